The van der Waals surface area contributed by atoms with E-state index in [9.17, 15) is 8.42 Å². The summed E-state index contributed by atoms with van der Waals surface area (Å²) >= 11 is 3.32. The van der Waals surface area contributed by atoms with Crippen LogP contribution in [0.1, 0.15) is 12.5 Å². The summed E-state index contributed by atoms with van der Waals surface area (Å²) in [5.74, 6) is 0.827. The van der Waals surface area contributed by atoms with Crippen LogP contribution < -0.4 is 19.1 Å². The van der Waals surface area contributed by atoms with Crippen LogP contribution >= 0.6 is 15.9 Å². The molecule has 2 aromatic carbocycles. The monoisotopic (exact) mass is 454 g/mol. The Morgan fingerprint density at radius 1 is 1.19 bits per heavy atom. The first kappa shape index (κ1) is 20.0. The summed E-state index contributed by atoms with van der Waals surface area (Å²) in [6, 6.07) is 11.3. The van der Waals surface area contributed by atoms with Gasteiger partial charge in [0.25, 0.3) is 0 Å². The first-order chi connectivity index (χ1) is 12.9. The average molecular weight is 455 g/mol. The minimum atomic E-state index is -3.71. The molecule has 1 N–H and O–H groups in total. The molecule has 0 amide bonds. The minimum absolute atomic E-state index is 0.0299. The van der Waals surface area contributed by atoms with Gasteiger partial charge in [0.1, 0.15) is 4.90 Å². The van der Waals surface area contributed by atoms with E-state index in [4.69, 9.17) is 9.47 Å². The van der Waals surface area contributed by atoms with E-state index in [1.54, 1.807) is 6.07 Å². The maximum absolute atomic E-state index is 12.8. The Bertz CT molecular complexity index is 933. The molecule has 0 fully saturated rings. The summed E-state index contributed by atoms with van der Waals surface area (Å²) in [5, 5.41) is 0. The molecule has 0 saturated carbocycles. The van der Waals surface area contributed by atoms with Crippen molar-refractivity contribution in [3.05, 3.63) is 46.4 Å². The molecular formula is C19H23BrN2O4S. The number of sulfonamides is 1. The van der Waals surface area contributed by atoms with E-state index < -0.39 is 10.0 Å². The van der Waals surface area contributed by atoms with Gasteiger partial charge in [0.2, 0.25) is 10.0 Å². The molecule has 1 unspecified atom stereocenters. The van der Waals surface area contributed by atoms with Crippen LogP contribution in [0.3, 0.4) is 0 Å². The molecule has 0 radical (unpaired) electrons. The number of fused-ring (bicyclic) bond motifs is 1. The van der Waals surface area contributed by atoms with Gasteiger partial charge in [-0.15, -0.1) is 0 Å². The second-order valence-corrected chi connectivity index (χ2v) is 9.00. The van der Waals surface area contributed by atoms with Crippen LogP contribution in [0.15, 0.2) is 45.8 Å². The van der Waals surface area contributed by atoms with E-state index in [0.29, 0.717) is 22.5 Å². The molecule has 6 nitrogen and oxygen atoms in total. The zero-order chi connectivity index (χ0) is 19.6. The molecule has 1 aliphatic heterocycles. The Labute approximate surface area is 168 Å². The molecule has 0 aromatic heterocycles. The molecule has 146 valence electrons. The molecule has 2 aromatic rings. The van der Waals surface area contributed by atoms with Gasteiger partial charge in [0.15, 0.2) is 11.5 Å². The highest BCUT2D eigenvalue weighted by atomic mass is 79.9. The summed E-state index contributed by atoms with van der Waals surface area (Å²) in [6.45, 7) is 3.22. The summed E-state index contributed by atoms with van der Waals surface area (Å²) in [5.41, 5.74) is 2.48. The van der Waals surface area contributed by atoms with E-state index in [-0.39, 0.29) is 10.9 Å². The first-order valence-electron chi connectivity index (χ1n) is 8.63. The van der Waals surface area contributed by atoms with Crippen LogP contribution in [-0.4, -0.2) is 41.8 Å². The van der Waals surface area contributed by atoms with E-state index in [1.165, 1.54) is 31.5 Å². The summed E-state index contributed by atoms with van der Waals surface area (Å²) in [6.07, 6.45) is 0.981. The Morgan fingerprint density at radius 3 is 2.56 bits per heavy atom. The Morgan fingerprint density at radius 2 is 1.85 bits per heavy atom. The van der Waals surface area contributed by atoms with Crippen LogP contribution in [0.2, 0.25) is 0 Å². The van der Waals surface area contributed by atoms with Crippen molar-refractivity contribution in [2.45, 2.75) is 24.3 Å². The predicted molar refractivity (Wildman–Crippen MR) is 109 cm³/mol. The molecule has 1 heterocycles. The number of hydrogen-bond donors (Lipinski definition) is 1. The largest absolute Gasteiger partial charge is 0.493 e. The van der Waals surface area contributed by atoms with Gasteiger partial charge in [-0.3, -0.25) is 0 Å². The number of rotatable bonds is 7. The van der Waals surface area contributed by atoms with Crippen LogP contribution in [0.5, 0.6) is 11.5 Å². The highest BCUT2D eigenvalue weighted by Crippen LogP contribution is 2.35. The maximum atomic E-state index is 12.8. The van der Waals surface area contributed by atoms with E-state index in [1.807, 2.05) is 19.1 Å². The summed E-state index contributed by atoms with van der Waals surface area (Å²) < 4.78 is 39.2. The highest BCUT2D eigenvalue weighted by Gasteiger charge is 2.26. The first-order valence-corrected chi connectivity index (χ1v) is 10.9. The molecule has 0 bridgehead atoms. The zero-order valence-corrected chi connectivity index (χ0v) is 17.9. The maximum Gasteiger partial charge on any atom is 0.241 e. The predicted octanol–water partition coefficient (Wildman–Crippen LogP) is 3.20. The normalized spacial score (nSPS) is 14.7. The van der Waals surface area contributed by atoms with Crippen molar-refractivity contribution in [2.24, 2.45) is 0 Å². The van der Waals surface area contributed by atoms with Crippen LogP contribution in [0.25, 0.3) is 0 Å². The highest BCUT2D eigenvalue weighted by molar-refractivity contribution is 9.10. The SMILES string of the molecule is COc1cc(Br)c(S(=O)(=O)NCC(C)N2CCc3ccccc32)cc1OC. The van der Waals surface area contributed by atoms with Gasteiger partial charge >= 0.3 is 0 Å². The van der Waals surface area contributed by atoms with E-state index in [0.717, 1.165) is 13.0 Å². The van der Waals surface area contributed by atoms with Gasteiger partial charge in [-0.2, -0.15) is 0 Å². The van der Waals surface area contributed by atoms with Crippen LogP contribution in [0.4, 0.5) is 5.69 Å². The number of para-hydroxylation sites is 1. The smallest absolute Gasteiger partial charge is 0.241 e. The number of halogens is 1. The lowest BCUT2D eigenvalue weighted by atomic mass is 10.2. The number of anilines is 1. The Hall–Kier alpha value is -1.77. The van der Waals surface area contributed by atoms with Gasteiger partial charge in [-0.25, -0.2) is 13.1 Å². The van der Waals surface area contributed by atoms with Crippen molar-refractivity contribution < 1.29 is 17.9 Å². The molecule has 27 heavy (non-hydrogen) atoms. The molecule has 0 aliphatic carbocycles. The fourth-order valence-corrected chi connectivity index (χ4v) is 5.44. The number of nitrogens with zero attached hydrogens (tertiary/aromatic N) is 1. The quantitative estimate of drug-likeness (QED) is 0.695. The van der Waals surface area contributed by atoms with Crippen molar-refractivity contribution >= 4 is 31.6 Å². The second-order valence-electron chi connectivity index (χ2n) is 6.41. The molecule has 3 rings (SSSR count). The minimum Gasteiger partial charge on any atom is -0.493 e. The third-order valence-electron chi connectivity index (χ3n) is 4.75. The number of benzene rings is 2. The third-order valence-corrected chi connectivity index (χ3v) is 7.13. The van der Waals surface area contributed by atoms with E-state index in [2.05, 4.69) is 37.7 Å². The van der Waals surface area contributed by atoms with Gasteiger partial charge < -0.3 is 14.4 Å². The lowest BCUT2D eigenvalue weighted by molar-refractivity contribution is 0.353. The number of hydrogen-bond acceptors (Lipinski definition) is 5. The van der Waals surface area contributed by atoms with Crippen LogP contribution in [0, 0.1) is 0 Å². The summed E-state index contributed by atoms with van der Waals surface area (Å²) in [7, 11) is -0.729. The van der Waals surface area contributed by atoms with Gasteiger partial charge in [0, 0.05) is 35.4 Å². The summed E-state index contributed by atoms with van der Waals surface area (Å²) in [4.78, 5) is 2.36. The lowest BCUT2D eigenvalue weighted by Crippen LogP contribution is -2.41. The fraction of sp³-hybridized carbons (Fsp3) is 0.368. The second kappa shape index (κ2) is 8.08. The third kappa shape index (κ3) is 4.07. The van der Waals surface area contributed by atoms with Gasteiger partial charge in [-0.05, 0) is 47.0 Å². The topological polar surface area (TPSA) is 67.9 Å². The van der Waals surface area contributed by atoms with Gasteiger partial charge in [-0.1, -0.05) is 18.2 Å². The van der Waals surface area contributed by atoms with Crippen molar-refractivity contribution in [2.75, 3.05) is 32.2 Å². The van der Waals surface area contributed by atoms with Gasteiger partial charge in [0.05, 0.1) is 14.2 Å². The van der Waals surface area contributed by atoms with Crippen molar-refractivity contribution in [3.8, 4) is 11.5 Å². The fourth-order valence-electron chi connectivity index (χ4n) is 3.28. The van der Waals surface area contributed by atoms with E-state index >= 15 is 0 Å². The molecular weight excluding hydrogens is 432 g/mol. The van der Waals surface area contributed by atoms with Crippen LogP contribution in [-0.2, 0) is 16.4 Å². The molecule has 0 spiro atoms. The lowest BCUT2D eigenvalue weighted by Gasteiger charge is -2.27. The average Bonchev–Trinajstić information content (AvgIpc) is 3.10. The zero-order valence-electron chi connectivity index (χ0n) is 15.5. The molecule has 1 aliphatic rings. The Balaban J connectivity index is 1.76. The number of ether oxygens (including phenoxy) is 2. The van der Waals surface area contributed by atoms with Crippen molar-refractivity contribution in [1.29, 1.82) is 0 Å². The molecule has 1 atom stereocenters. The van der Waals surface area contributed by atoms with Crippen molar-refractivity contribution in [3.63, 3.8) is 0 Å². The van der Waals surface area contributed by atoms with Crippen molar-refractivity contribution in [1.82, 2.24) is 4.72 Å². The number of methoxy groups -OCH3 is 2. The molecule has 0 saturated heterocycles. The molecule has 8 heteroatoms. The standard InChI is InChI=1S/C19H23BrN2O4S/c1-13(22-9-8-14-6-4-5-7-16(14)22)12-21-27(23,24)19-11-18(26-3)17(25-2)10-15(19)20/h4-7,10-11,13,21H,8-9,12H2,1-3H3. The number of nitrogens with one attached hydrogen (secondary N) is 1. The Kier molecular flexibility index (Phi) is 5.98.